The first kappa shape index (κ1) is 15.9. The van der Waals surface area contributed by atoms with Gasteiger partial charge in [0.25, 0.3) is 0 Å². The average molecular weight is 315 g/mol. The first-order valence-corrected chi connectivity index (χ1v) is 8.03. The monoisotopic (exact) mass is 314 g/mol. The fourth-order valence-corrected chi connectivity index (χ4v) is 3.02. The van der Waals surface area contributed by atoms with E-state index in [4.69, 9.17) is 23.2 Å². The van der Waals surface area contributed by atoms with Gasteiger partial charge in [-0.2, -0.15) is 0 Å². The molecular weight excluding hydrogens is 291 g/mol. The van der Waals surface area contributed by atoms with E-state index >= 15 is 0 Å². The molecule has 0 aliphatic carbocycles. The molecule has 0 aromatic heterocycles. The van der Waals surface area contributed by atoms with Crippen LogP contribution in [0.2, 0.25) is 10.0 Å². The third-order valence-corrected chi connectivity index (χ3v) is 4.91. The fraction of sp³-hybridized carbons (Fsp3) is 0.625. The molecule has 0 bridgehead atoms. The topological polar surface area (TPSA) is 15.3 Å². The van der Waals surface area contributed by atoms with Crippen LogP contribution in [0.15, 0.2) is 18.2 Å². The molecule has 1 heterocycles. The van der Waals surface area contributed by atoms with E-state index in [0.29, 0.717) is 22.1 Å². The molecule has 2 rings (SSSR count). The van der Waals surface area contributed by atoms with Crippen LogP contribution in [0, 0.1) is 5.41 Å². The molecule has 1 saturated heterocycles. The summed E-state index contributed by atoms with van der Waals surface area (Å²) in [5, 5.41) is 4.93. The molecule has 1 aliphatic rings. The molecule has 0 radical (unpaired) electrons. The van der Waals surface area contributed by atoms with E-state index in [9.17, 15) is 0 Å². The van der Waals surface area contributed by atoms with Crippen LogP contribution in [0.4, 0.5) is 5.69 Å². The van der Waals surface area contributed by atoms with E-state index in [0.717, 1.165) is 19.5 Å². The van der Waals surface area contributed by atoms with Crippen LogP contribution in [0.25, 0.3) is 0 Å². The van der Waals surface area contributed by atoms with Crippen molar-refractivity contribution in [2.24, 2.45) is 5.41 Å². The Kier molecular flexibility index (Phi) is 4.88. The Morgan fingerprint density at radius 1 is 1.25 bits per heavy atom. The molecule has 1 aromatic rings. The van der Waals surface area contributed by atoms with Crippen molar-refractivity contribution in [2.45, 2.75) is 46.2 Å². The summed E-state index contributed by atoms with van der Waals surface area (Å²) in [6, 6.07) is 6.92. The van der Waals surface area contributed by atoms with Crippen LogP contribution in [0.5, 0.6) is 0 Å². The third-order valence-electron chi connectivity index (χ3n) is 4.17. The number of hydrogen-bond acceptors (Lipinski definition) is 2. The summed E-state index contributed by atoms with van der Waals surface area (Å²) < 4.78 is 0. The Hall–Kier alpha value is -0.440. The minimum absolute atomic E-state index is 0.243. The highest BCUT2D eigenvalue weighted by molar-refractivity contribution is 6.42. The van der Waals surface area contributed by atoms with Crippen molar-refractivity contribution in [1.29, 1.82) is 0 Å². The first-order valence-electron chi connectivity index (χ1n) is 7.28. The number of halogens is 2. The van der Waals surface area contributed by atoms with Gasteiger partial charge in [-0.1, -0.05) is 50.9 Å². The SMILES string of the molecule is CCC1CNC(C(C)(C)C)CN1c1ccc(Cl)c(Cl)c1. The van der Waals surface area contributed by atoms with Crippen LogP contribution in [-0.2, 0) is 0 Å². The Bertz CT molecular complexity index is 468. The Morgan fingerprint density at radius 3 is 2.50 bits per heavy atom. The largest absolute Gasteiger partial charge is 0.366 e. The lowest BCUT2D eigenvalue weighted by Crippen LogP contribution is -2.60. The molecule has 1 aliphatic heterocycles. The van der Waals surface area contributed by atoms with Crippen molar-refractivity contribution < 1.29 is 0 Å². The van der Waals surface area contributed by atoms with Crippen LogP contribution in [0.3, 0.4) is 0 Å². The Balaban J connectivity index is 2.27. The average Bonchev–Trinajstić information content (AvgIpc) is 2.40. The maximum atomic E-state index is 6.18. The lowest BCUT2D eigenvalue weighted by Gasteiger charge is -2.46. The van der Waals surface area contributed by atoms with Crippen molar-refractivity contribution in [3.05, 3.63) is 28.2 Å². The van der Waals surface area contributed by atoms with Crippen LogP contribution < -0.4 is 10.2 Å². The number of benzene rings is 1. The predicted octanol–water partition coefficient (Wildman–Crippen LogP) is 4.60. The summed E-state index contributed by atoms with van der Waals surface area (Å²) in [6.07, 6.45) is 1.12. The van der Waals surface area contributed by atoms with Gasteiger partial charge in [0, 0.05) is 30.9 Å². The minimum atomic E-state index is 0.243. The summed E-state index contributed by atoms with van der Waals surface area (Å²) in [4.78, 5) is 2.47. The highest BCUT2D eigenvalue weighted by Gasteiger charge is 2.33. The maximum absolute atomic E-state index is 6.18. The van der Waals surface area contributed by atoms with E-state index in [1.807, 2.05) is 12.1 Å². The van der Waals surface area contributed by atoms with Gasteiger partial charge in [0.1, 0.15) is 0 Å². The van der Waals surface area contributed by atoms with Gasteiger partial charge in [0.2, 0.25) is 0 Å². The standard InChI is InChI=1S/C16H24Cl2N2/c1-5-11-9-19-15(16(2,3)4)10-20(11)12-6-7-13(17)14(18)8-12/h6-8,11,15,19H,5,9-10H2,1-4H3. The summed E-state index contributed by atoms with van der Waals surface area (Å²) in [5.74, 6) is 0. The highest BCUT2D eigenvalue weighted by atomic mass is 35.5. The maximum Gasteiger partial charge on any atom is 0.0612 e. The quantitative estimate of drug-likeness (QED) is 0.858. The number of piperazine rings is 1. The van der Waals surface area contributed by atoms with Crippen LogP contribution in [0.1, 0.15) is 34.1 Å². The molecule has 2 nitrogen and oxygen atoms in total. The zero-order chi connectivity index (χ0) is 14.9. The van der Waals surface area contributed by atoms with Gasteiger partial charge < -0.3 is 10.2 Å². The minimum Gasteiger partial charge on any atom is -0.366 e. The van der Waals surface area contributed by atoms with Crippen molar-refractivity contribution in [3.8, 4) is 0 Å². The molecule has 0 spiro atoms. The summed E-state index contributed by atoms with van der Waals surface area (Å²) in [5.41, 5.74) is 1.41. The van der Waals surface area contributed by atoms with Gasteiger partial charge in [-0.25, -0.2) is 0 Å². The fourth-order valence-electron chi connectivity index (χ4n) is 2.72. The lowest BCUT2D eigenvalue weighted by molar-refractivity contribution is 0.233. The van der Waals surface area contributed by atoms with Crippen LogP contribution in [-0.4, -0.2) is 25.2 Å². The number of anilines is 1. The van der Waals surface area contributed by atoms with E-state index in [-0.39, 0.29) is 5.41 Å². The molecule has 0 saturated carbocycles. The molecule has 1 N–H and O–H groups in total. The van der Waals surface area contributed by atoms with Crippen molar-refractivity contribution in [2.75, 3.05) is 18.0 Å². The molecule has 20 heavy (non-hydrogen) atoms. The molecular formula is C16H24Cl2N2. The highest BCUT2D eigenvalue weighted by Crippen LogP contribution is 2.32. The molecule has 1 fully saturated rings. The number of rotatable bonds is 2. The zero-order valence-electron chi connectivity index (χ0n) is 12.7. The number of hydrogen-bond donors (Lipinski definition) is 1. The van der Waals surface area contributed by atoms with Gasteiger partial charge in [-0.15, -0.1) is 0 Å². The van der Waals surface area contributed by atoms with Gasteiger partial charge >= 0.3 is 0 Å². The smallest absolute Gasteiger partial charge is 0.0612 e. The van der Waals surface area contributed by atoms with E-state index in [1.165, 1.54) is 5.69 Å². The van der Waals surface area contributed by atoms with E-state index < -0.39 is 0 Å². The second kappa shape index (κ2) is 6.13. The van der Waals surface area contributed by atoms with Crippen LogP contribution >= 0.6 is 23.2 Å². The van der Waals surface area contributed by atoms with Gasteiger partial charge in [-0.3, -0.25) is 0 Å². The molecule has 112 valence electrons. The van der Waals surface area contributed by atoms with Gasteiger partial charge in [0.05, 0.1) is 10.0 Å². The van der Waals surface area contributed by atoms with Gasteiger partial charge in [0.15, 0.2) is 0 Å². The van der Waals surface area contributed by atoms with E-state index in [1.54, 1.807) is 0 Å². The number of nitrogens with zero attached hydrogens (tertiary/aromatic N) is 1. The first-order chi connectivity index (χ1) is 9.32. The predicted molar refractivity (Wildman–Crippen MR) is 89.1 cm³/mol. The van der Waals surface area contributed by atoms with Gasteiger partial charge in [-0.05, 0) is 30.0 Å². The summed E-state index contributed by atoms with van der Waals surface area (Å²) >= 11 is 12.2. The second-order valence-corrected chi connectivity index (χ2v) is 7.45. The van der Waals surface area contributed by atoms with Crippen molar-refractivity contribution >= 4 is 28.9 Å². The molecule has 0 amide bonds. The normalized spacial score (nSPS) is 24.0. The van der Waals surface area contributed by atoms with Crippen molar-refractivity contribution in [3.63, 3.8) is 0 Å². The second-order valence-electron chi connectivity index (χ2n) is 6.64. The number of nitrogens with one attached hydrogen (secondary N) is 1. The molecule has 2 unspecified atom stereocenters. The Labute approximate surface area is 132 Å². The molecule has 1 aromatic carbocycles. The molecule has 2 atom stereocenters. The zero-order valence-corrected chi connectivity index (χ0v) is 14.2. The summed E-state index contributed by atoms with van der Waals surface area (Å²) in [7, 11) is 0. The summed E-state index contributed by atoms with van der Waals surface area (Å²) in [6.45, 7) is 11.1. The Morgan fingerprint density at radius 2 is 1.95 bits per heavy atom. The third kappa shape index (κ3) is 3.41. The van der Waals surface area contributed by atoms with Crippen molar-refractivity contribution in [1.82, 2.24) is 5.32 Å². The van der Waals surface area contributed by atoms with E-state index in [2.05, 4.69) is 44.0 Å². The lowest BCUT2D eigenvalue weighted by atomic mass is 9.84. The molecule has 4 heteroatoms.